The zero-order valence-corrected chi connectivity index (χ0v) is 15.3. The Morgan fingerprint density at radius 2 is 1.96 bits per heavy atom. The molecule has 0 spiro atoms. The van der Waals surface area contributed by atoms with Crippen LogP contribution < -0.4 is 4.90 Å². The first-order valence-corrected chi connectivity index (χ1v) is 9.12. The standard InChI is InChI=1S/C17H19N5O3S/c1-10-11(2)26-16-13(10)15-18-14(12-4-3-9-25-12)20-22(15)17(19-16)21(5-7-23)6-8-24/h3-4,9,23-24H,5-8H2,1-2H3. The van der Waals surface area contributed by atoms with Crippen LogP contribution >= 0.6 is 11.3 Å². The quantitative estimate of drug-likeness (QED) is 0.533. The van der Waals surface area contributed by atoms with Crippen molar-refractivity contribution < 1.29 is 14.6 Å². The number of nitrogens with zero attached hydrogens (tertiary/aromatic N) is 5. The van der Waals surface area contributed by atoms with E-state index >= 15 is 0 Å². The average Bonchev–Trinajstić information content (AvgIpc) is 3.33. The molecular weight excluding hydrogens is 354 g/mol. The number of hydrogen-bond donors (Lipinski definition) is 2. The van der Waals surface area contributed by atoms with Crippen LogP contribution in [0.25, 0.3) is 27.4 Å². The van der Waals surface area contributed by atoms with E-state index in [-0.39, 0.29) is 13.2 Å². The Labute approximate surface area is 153 Å². The summed E-state index contributed by atoms with van der Waals surface area (Å²) < 4.78 is 7.11. The van der Waals surface area contributed by atoms with E-state index in [1.54, 1.807) is 33.1 Å². The van der Waals surface area contributed by atoms with Gasteiger partial charge in [-0.15, -0.1) is 16.4 Å². The van der Waals surface area contributed by atoms with Crippen LogP contribution in [0.3, 0.4) is 0 Å². The minimum atomic E-state index is -0.0521. The van der Waals surface area contributed by atoms with E-state index in [9.17, 15) is 10.2 Å². The van der Waals surface area contributed by atoms with Crippen molar-refractivity contribution in [3.8, 4) is 11.6 Å². The number of thiophene rings is 1. The molecule has 0 bridgehead atoms. The third kappa shape index (κ3) is 2.64. The van der Waals surface area contributed by atoms with Gasteiger partial charge in [0.25, 0.3) is 0 Å². The lowest BCUT2D eigenvalue weighted by atomic mass is 10.2. The van der Waals surface area contributed by atoms with E-state index in [1.165, 1.54) is 4.88 Å². The van der Waals surface area contributed by atoms with Crippen LogP contribution in [0.15, 0.2) is 22.8 Å². The van der Waals surface area contributed by atoms with Gasteiger partial charge in [0, 0.05) is 18.0 Å². The second-order valence-electron chi connectivity index (χ2n) is 5.96. The van der Waals surface area contributed by atoms with Gasteiger partial charge >= 0.3 is 0 Å². The summed E-state index contributed by atoms with van der Waals surface area (Å²) >= 11 is 1.60. The second-order valence-corrected chi connectivity index (χ2v) is 7.16. The molecule has 0 unspecified atom stereocenters. The highest BCUT2D eigenvalue weighted by molar-refractivity contribution is 7.18. The molecule has 8 nitrogen and oxygen atoms in total. The molecule has 2 N–H and O–H groups in total. The van der Waals surface area contributed by atoms with E-state index < -0.39 is 0 Å². The molecule has 4 aromatic heterocycles. The molecule has 0 radical (unpaired) electrons. The fourth-order valence-electron chi connectivity index (χ4n) is 2.97. The van der Waals surface area contributed by atoms with Crippen LogP contribution in [-0.2, 0) is 0 Å². The van der Waals surface area contributed by atoms with Crippen molar-refractivity contribution in [3.05, 3.63) is 28.8 Å². The monoisotopic (exact) mass is 373 g/mol. The summed E-state index contributed by atoms with van der Waals surface area (Å²) in [6.45, 7) is 4.69. The predicted molar refractivity (Wildman–Crippen MR) is 99.7 cm³/mol. The molecule has 0 saturated carbocycles. The van der Waals surface area contributed by atoms with Crippen molar-refractivity contribution in [2.45, 2.75) is 13.8 Å². The van der Waals surface area contributed by atoms with Gasteiger partial charge in [0.1, 0.15) is 4.83 Å². The number of aromatic nitrogens is 4. The van der Waals surface area contributed by atoms with Crippen molar-refractivity contribution in [1.82, 2.24) is 19.6 Å². The number of aliphatic hydroxyl groups is 2. The number of fused-ring (bicyclic) bond motifs is 3. The lowest BCUT2D eigenvalue weighted by Crippen LogP contribution is -2.32. The highest BCUT2D eigenvalue weighted by Gasteiger charge is 2.22. The zero-order chi connectivity index (χ0) is 18.3. The highest BCUT2D eigenvalue weighted by Crippen LogP contribution is 2.34. The van der Waals surface area contributed by atoms with Crippen LogP contribution in [0.5, 0.6) is 0 Å². The number of furan rings is 1. The van der Waals surface area contributed by atoms with Gasteiger partial charge in [-0.1, -0.05) is 0 Å². The smallest absolute Gasteiger partial charge is 0.230 e. The molecule has 0 aliphatic heterocycles. The Balaban J connectivity index is 2.03. The summed E-state index contributed by atoms with van der Waals surface area (Å²) in [5.74, 6) is 1.59. The summed E-state index contributed by atoms with van der Waals surface area (Å²) in [6, 6.07) is 3.60. The molecule has 26 heavy (non-hydrogen) atoms. The molecule has 0 aliphatic rings. The largest absolute Gasteiger partial charge is 0.461 e. The Kier molecular flexibility index (Phi) is 4.35. The maximum atomic E-state index is 9.40. The first kappa shape index (κ1) is 17.0. The lowest BCUT2D eigenvalue weighted by molar-refractivity contribution is 0.280. The van der Waals surface area contributed by atoms with Crippen LogP contribution in [0.2, 0.25) is 0 Å². The molecule has 0 atom stereocenters. The van der Waals surface area contributed by atoms with Crippen LogP contribution in [0.4, 0.5) is 5.95 Å². The minimum Gasteiger partial charge on any atom is -0.461 e. The molecule has 9 heteroatoms. The molecule has 0 aliphatic carbocycles. The minimum absolute atomic E-state index is 0.0521. The van der Waals surface area contributed by atoms with Crippen LogP contribution in [0, 0.1) is 13.8 Å². The van der Waals surface area contributed by atoms with Crippen molar-refractivity contribution in [2.24, 2.45) is 0 Å². The molecule has 0 saturated heterocycles. The van der Waals surface area contributed by atoms with Gasteiger partial charge < -0.3 is 19.5 Å². The third-order valence-corrected chi connectivity index (χ3v) is 5.45. The first-order valence-electron chi connectivity index (χ1n) is 8.31. The molecule has 0 fully saturated rings. The van der Waals surface area contributed by atoms with Crippen molar-refractivity contribution in [3.63, 3.8) is 0 Å². The maximum Gasteiger partial charge on any atom is 0.230 e. The van der Waals surface area contributed by atoms with Gasteiger partial charge in [-0.2, -0.15) is 4.52 Å². The molecule has 136 valence electrons. The Morgan fingerprint density at radius 3 is 2.62 bits per heavy atom. The van der Waals surface area contributed by atoms with Crippen LogP contribution in [0.1, 0.15) is 10.4 Å². The Hall–Kier alpha value is -2.49. The maximum absolute atomic E-state index is 9.40. The predicted octanol–water partition coefficient (Wildman–Crippen LogP) is 2.01. The van der Waals surface area contributed by atoms with Gasteiger partial charge in [0.05, 0.1) is 24.9 Å². The van der Waals surface area contributed by atoms with E-state index in [1.807, 2.05) is 6.07 Å². The lowest BCUT2D eigenvalue weighted by Gasteiger charge is -2.21. The van der Waals surface area contributed by atoms with Gasteiger partial charge in [-0.05, 0) is 31.5 Å². The summed E-state index contributed by atoms with van der Waals surface area (Å²) in [5.41, 5.74) is 1.82. The summed E-state index contributed by atoms with van der Waals surface area (Å²) in [6.07, 6.45) is 1.58. The van der Waals surface area contributed by atoms with Crippen LogP contribution in [-0.4, -0.2) is 56.1 Å². The van der Waals surface area contributed by atoms with E-state index in [0.717, 1.165) is 15.8 Å². The van der Waals surface area contributed by atoms with E-state index in [4.69, 9.17) is 14.4 Å². The Morgan fingerprint density at radius 1 is 1.19 bits per heavy atom. The topological polar surface area (TPSA) is 99.9 Å². The second kappa shape index (κ2) is 6.67. The normalized spacial score (nSPS) is 11.7. The number of rotatable bonds is 6. The van der Waals surface area contributed by atoms with E-state index in [2.05, 4.69) is 18.9 Å². The Bertz CT molecular complexity index is 1050. The fraction of sp³-hybridized carbons (Fsp3) is 0.353. The van der Waals surface area contributed by atoms with E-state index in [0.29, 0.717) is 36.3 Å². The molecule has 0 aromatic carbocycles. The third-order valence-electron chi connectivity index (χ3n) is 4.35. The number of aryl methyl sites for hydroxylation is 2. The number of aliphatic hydroxyl groups excluding tert-OH is 2. The first-order chi connectivity index (χ1) is 12.6. The van der Waals surface area contributed by atoms with Gasteiger partial charge in [-0.25, -0.2) is 9.97 Å². The number of hydrogen-bond acceptors (Lipinski definition) is 8. The zero-order valence-electron chi connectivity index (χ0n) is 14.5. The fourth-order valence-corrected chi connectivity index (χ4v) is 3.99. The molecule has 0 amide bonds. The van der Waals surface area contributed by atoms with Gasteiger partial charge in [0.2, 0.25) is 11.8 Å². The molecule has 4 rings (SSSR count). The highest BCUT2D eigenvalue weighted by atomic mass is 32.1. The SMILES string of the molecule is Cc1sc2nc(N(CCO)CCO)n3nc(-c4ccco4)nc3c2c1C. The number of anilines is 1. The molecule has 4 aromatic rings. The summed E-state index contributed by atoms with van der Waals surface area (Å²) in [4.78, 5) is 13.3. The van der Waals surface area contributed by atoms with Crippen molar-refractivity contribution in [2.75, 3.05) is 31.2 Å². The van der Waals surface area contributed by atoms with Gasteiger partial charge in [-0.3, -0.25) is 0 Å². The van der Waals surface area contributed by atoms with Crippen molar-refractivity contribution >= 4 is 33.1 Å². The van der Waals surface area contributed by atoms with Crippen molar-refractivity contribution in [1.29, 1.82) is 0 Å². The molecular formula is C17H19N5O3S. The summed E-state index contributed by atoms with van der Waals surface area (Å²) in [5, 5.41) is 24.4. The molecule has 4 heterocycles. The average molecular weight is 373 g/mol. The summed E-state index contributed by atoms with van der Waals surface area (Å²) in [7, 11) is 0. The van der Waals surface area contributed by atoms with Gasteiger partial charge in [0.15, 0.2) is 11.4 Å².